The molecule has 0 aliphatic carbocycles. The molecule has 0 bridgehead atoms. The van der Waals surface area contributed by atoms with Crippen LogP contribution in [0.4, 0.5) is 0 Å². The van der Waals surface area contributed by atoms with Crippen LogP contribution in [0.1, 0.15) is 32.1 Å². The largest absolute Gasteiger partial charge is 0.481 e. The molecule has 1 aliphatic heterocycles. The Balaban J connectivity index is 2.87. The normalized spacial score (nSPS) is 18.5. The fraction of sp³-hybridized carbons (Fsp3) is 0.722. The van der Waals surface area contributed by atoms with Crippen molar-refractivity contribution in [3.63, 3.8) is 0 Å². The summed E-state index contributed by atoms with van der Waals surface area (Å²) in [5.41, 5.74) is 0. The summed E-state index contributed by atoms with van der Waals surface area (Å²) in [4.78, 5) is 59.6. The number of carbonyl (C=O) groups excluding carboxylic acids is 3. The summed E-state index contributed by atoms with van der Waals surface area (Å²) in [6.07, 6.45) is 2.80. The number of aliphatic carboxylic acids is 2. The molecule has 176 valence electrons. The second kappa shape index (κ2) is 13.8. The highest BCUT2D eigenvalue weighted by Crippen LogP contribution is 2.08. The Morgan fingerprint density at radius 2 is 1.61 bits per heavy atom. The molecule has 1 rings (SSSR count). The predicted molar refractivity (Wildman–Crippen MR) is 111 cm³/mol. The first-order chi connectivity index (χ1) is 14.7. The van der Waals surface area contributed by atoms with Crippen LogP contribution < -0.4 is 21.3 Å². The molecule has 12 nitrogen and oxygen atoms in total. The Bertz CT molecular complexity index is 656. The number of carboxylic acids is 2. The Labute approximate surface area is 183 Å². The van der Waals surface area contributed by atoms with Crippen LogP contribution in [0.2, 0.25) is 0 Å². The summed E-state index contributed by atoms with van der Waals surface area (Å²) >= 11 is 1.40. The summed E-state index contributed by atoms with van der Waals surface area (Å²) in [6, 6.07) is -4.31. The Morgan fingerprint density at radius 3 is 2.10 bits per heavy atom. The van der Waals surface area contributed by atoms with Gasteiger partial charge in [0.2, 0.25) is 17.7 Å². The Hall–Kier alpha value is -2.38. The maximum atomic E-state index is 12.8. The van der Waals surface area contributed by atoms with Crippen LogP contribution >= 0.6 is 11.8 Å². The maximum absolute atomic E-state index is 12.8. The van der Waals surface area contributed by atoms with Crippen LogP contribution in [-0.4, -0.2) is 94.3 Å². The van der Waals surface area contributed by atoms with Gasteiger partial charge in [-0.15, -0.1) is 0 Å². The third-order valence-corrected chi connectivity index (χ3v) is 5.34. The minimum atomic E-state index is -1.53. The number of hydrogen-bond acceptors (Lipinski definition) is 8. The molecule has 0 saturated carbocycles. The highest BCUT2D eigenvalue weighted by atomic mass is 32.2. The van der Waals surface area contributed by atoms with Crippen molar-refractivity contribution < 1.29 is 39.3 Å². The molecule has 7 N–H and O–H groups in total. The first kappa shape index (κ1) is 26.7. The SMILES string of the molecule is CSCCC(NC(=O)C(CCC(=O)O)NC(=O)C1CCCN1)C(=O)NC(CO)C(=O)O. The van der Waals surface area contributed by atoms with E-state index in [1.807, 2.05) is 0 Å². The molecule has 1 heterocycles. The van der Waals surface area contributed by atoms with E-state index in [2.05, 4.69) is 21.3 Å². The van der Waals surface area contributed by atoms with E-state index in [4.69, 9.17) is 15.3 Å². The van der Waals surface area contributed by atoms with Crippen molar-refractivity contribution in [2.45, 2.75) is 56.3 Å². The molecule has 1 aliphatic rings. The fourth-order valence-corrected chi connectivity index (χ4v) is 3.42. The van der Waals surface area contributed by atoms with Crippen molar-refractivity contribution in [2.75, 3.05) is 25.2 Å². The van der Waals surface area contributed by atoms with Gasteiger partial charge in [0.1, 0.15) is 18.1 Å². The topological polar surface area (TPSA) is 194 Å². The van der Waals surface area contributed by atoms with E-state index >= 15 is 0 Å². The van der Waals surface area contributed by atoms with Crippen molar-refractivity contribution in [1.82, 2.24) is 21.3 Å². The van der Waals surface area contributed by atoms with Crippen molar-refractivity contribution in [3.8, 4) is 0 Å². The van der Waals surface area contributed by atoms with Gasteiger partial charge in [-0.2, -0.15) is 11.8 Å². The van der Waals surface area contributed by atoms with Gasteiger partial charge in [0.25, 0.3) is 0 Å². The lowest BCUT2D eigenvalue weighted by atomic mass is 10.1. The Kier molecular flexibility index (Phi) is 11.9. The van der Waals surface area contributed by atoms with E-state index in [1.165, 1.54) is 11.8 Å². The predicted octanol–water partition coefficient (Wildman–Crippen LogP) is -2.11. The second-order valence-electron chi connectivity index (χ2n) is 7.07. The molecule has 1 saturated heterocycles. The highest BCUT2D eigenvalue weighted by molar-refractivity contribution is 7.98. The minimum Gasteiger partial charge on any atom is -0.481 e. The van der Waals surface area contributed by atoms with Crippen LogP contribution in [0.15, 0.2) is 0 Å². The van der Waals surface area contributed by atoms with E-state index in [9.17, 15) is 24.0 Å². The number of aliphatic hydroxyl groups is 1. The van der Waals surface area contributed by atoms with Crippen LogP contribution in [0, 0.1) is 0 Å². The number of thioether (sulfide) groups is 1. The Morgan fingerprint density at radius 1 is 1.00 bits per heavy atom. The van der Waals surface area contributed by atoms with Crippen molar-refractivity contribution >= 4 is 41.4 Å². The third kappa shape index (κ3) is 9.53. The second-order valence-corrected chi connectivity index (χ2v) is 8.05. The summed E-state index contributed by atoms with van der Waals surface area (Å²) in [5, 5.41) is 37.2. The molecular weight excluding hydrogens is 432 g/mol. The van der Waals surface area contributed by atoms with Gasteiger partial charge in [-0.05, 0) is 44.2 Å². The van der Waals surface area contributed by atoms with Gasteiger partial charge < -0.3 is 36.6 Å². The zero-order valence-electron chi connectivity index (χ0n) is 17.3. The van der Waals surface area contributed by atoms with E-state index in [-0.39, 0.29) is 19.3 Å². The molecule has 0 spiro atoms. The van der Waals surface area contributed by atoms with Gasteiger partial charge in [-0.1, -0.05) is 0 Å². The lowest BCUT2D eigenvalue weighted by Gasteiger charge is -2.24. The number of rotatable bonds is 14. The van der Waals surface area contributed by atoms with Crippen LogP contribution in [0.25, 0.3) is 0 Å². The molecule has 4 unspecified atom stereocenters. The van der Waals surface area contributed by atoms with E-state index in [0.29, 0.717) is 18.7 Å². The lowest BCUT2D eigenvalue weighted by molar-refractivity contribution is -0.143. The number of carbonyl (C=O) groups is 5. The maximum Gasteiger partial charge on any atom is 0.328 e. The molecule has 0 radical (unpaired) electrons. The number of nitrogens with one attached hydrogen (secondary N) is 4. The average Bonchev–Trinajstić information content (AvgIpc) is 3.26. The third-order valence-electron chi connectivity index (χ3n) is 4.70. The molecule has 1 fully saturated rings. The summed E-state index contributed by atoms with van der Waals surface area (Å²) in [6.45, 7) is -0.160. The molecule has 0 aromatic carbocycles. The van der Waals surface area contributed by atoms with Gasteiger partial charge in [0.05, 0.1) is 12.6 Å². The van der Waals surface area contributed by atoms with Crippen LogP contribution in [0.3, 0.4) is 0 Å². The van der Waals surface area contributed by atoms with Crippen LogP contribution in [0.5, 0.6) is 0 Å². The number of aliphatic hydroxyl groups excluding tert-OH is 1. The molecule has 13 heteroatoms. The number of carboxylic acid groups (broad SMARTS) is 2. The smallest absolute Gasteiger partial charge is 0.328 e. The lowest BCUT2D eigenvalue weighted by Crippen LogP contribution is -2.57. The van der Waals surface area contributed by atoms with Gasteiger partial charge in [0, 0.05) is 6.42 Å². The monoisotopic (exact) mass is 462 g/mol. The number of hydrogen-bond donors (Lipinski definition) is 7. The van der Waals surface area contributed by atoms with Gasteiger partial charge in [0.15, 0.2) is 0 Å². The average molecular weight is 463 g/mol. The van der Waals surface area contributed by atoms with E-state index in [1.54, 1.807) is 6.26 Å². The molecular formula is C18H30N4O8S. The minimum absolute atomic E-state index is 0.167. The van der Waals surface area contributed by atoms with Gasteiger partial charge in [-0.3, -0.25) is 19.2 Å². The zero-order chi connectivity index (χ0) is 23.4. The van der Waals surface area contributed by atoms with Crippen molar-refractivity contribution in [2.24, 2.45) is 0 Å². The molecule has 0 aromatic heterocycles. The van der Waals surface area contributed by atoms with Crippen molar-refractivity contribution in [3.05, 3.63) is 0 Å². The van der Waals surface area contributed by atoms with Crippen LogP contribution in [-0.2, 0) is 24.0 Å². The fourth-order valence-electron chi connectivity index (χ4n) is 2.95. The zero-order valence-corrected chi connectivity index (χ0v) is 18.1. The van der Waals surface area contributed by atoms with E-state index < -0.39 is 60.4 Å². The molecule has 4 atom stereocenters. The summed E-state index contributed by atoms with van der Waals surface area (Å²) in [5.74, 6) is -4.09. The number of amides is 3. The standard InChI is InChI=1S/C18H30N4O8S/c1-31-8-6-12(17(28)22-13(9-23)18(29)30)21-16(27)11(4-5-14(24)25)20-15(26)10-3-2-7-19-10/h10-13,19,23H,2-9H2,1H3,(H,20,26)(H,21,27)(H,22,28)(H,24,25)(H,29,30). The van der Waals surface area contributed by atoms with E-state index in [0.717, 1.165) is 6.42 Å². The molecule has 3 amide bonds. The van der Waals surface area contributed by atoms with Gasteiger partial charge >= 0.3 is 11.9 Å². The molecule has 31 heavy (non-hydrogen) atoms. The molecule has 0 aromatic rings. The summed E-state index contributed by atoms with van der Waals surface area (Å²) in [7, 11) is 0. The summed E-state index contributed by atoms with van der Waals surface area (Å²) < 4.78 is 0. The van der Waals surface area contributed by atoms with Gasteiger partial charge in [-0.25, -0.2) is 4.79 Å². The van der Waals surface area contributed by atoms with Crippen molar-refractivity contribution in [1.29, 1.82) is 0 Å². The highest BCUT2D eigenvalue weighted by Gasteiger charge is 2.31. The quantitative estimate of drug-likeness (QED) is 0.150. The first-order valence-electron chi connectivity index (χ1n) is 9.88. The first-order valence-corrected chi connectivity index (χ1v) is 11.3.